The van der Waals surface area contributed by atoms with Crippen molar-refractivity contribution in [3.8, 4) is 11.5 Å². The van der Waals surface area contributed by atoms with Gasteiger partial charge in [-0.3, -0.25) is 18.4 Å². The van der Waals surface area contributed by atoms with Gasteiger partial charge in [-0.15, -0.1) is 24.8 Å². The number of sulfone groups is 2. The Morgan fingerprint density at radius 1 is 0.761 bits per heavy atom. The molecule has 338 valence electrons. The summed E-state index contributed by atoms with van der Waals surface area (Å²) in [6, 6.07) is 6.01. The molecule has 0 atom stereocenters. The van der Waals surface area contributed by atoms with Gasteiger partial charge in [-0.1, -0.05) is 0 Å². The van der Waals surface area contributed by atoms with E-state index in [-0.39, 0.29) is 189 Å². The molecule has 0 amide bonds. The van der Waals surface area contributed by atoms with E-state index < -0.39 is 135 Å². The molecule has 0 unspecified atom stereocenters. The maximum atomic E-state index is 12.9. The number of azo groups is 2. The minimum absolute atomic E-state index is 0. The van der Waals surface area contributed by atoms with Crippen LogP contribution in [0.1, 0.15) is 15.9 Å². The number of aryl methyl sites for hydroxylation is 1. The summed E-state index contributed by atoms with van der Waals surface area (Å²) in [7, 11) is -18.2. The van der Waals surface area contributed by atoms with Crippen LogP contribution in [0.3, 0.4) is 0 Å². The van der Waals surface area contributed by atoms with Gasteiger partial charge < -0.3 is 45.1 Å². The van der Waals surface area contributed by atoms with Crippen molar-refractivity contribution in [2.24, 2.45) is 20.5 Å². The Kier molecular flexibility index (Phi) is 31.6. The summed E-state index contributed by atoms with van der Waals surface area (Å²) in [5.41, 5.74) is 2.69. The van der Waals surface area contributed by atoms with Gasteiger partial charge in [0.05, 0.1) is 86.2 Å². The Morgan fingerprint density at radius 3 is 1.93 bits per heavy atom. The Hall–Kier alpha value is 0.310. The molecule has 0 aliphatic heterocycles. The van der Waals surface area contributed by atoms with Crippen molar-refractivity contribution >= 4 is 110 Å². The molecular weight excluding hydrogens is 1080 g/mol. The third-order valence-corrected chi connectivity index (χ3v) is 13.5. The number of hydrogen-bond donors (Lipinski definition) is 2. The number of nitrogens with zero attached hydrogens (tertiary/aromatic N) is 4. The Labute approximate surface area is 500 Å². The summed E-state index contributed by atoms with van der Waals surface area (Å²) in [5, 5.41) is 64.5. The number of ether oxygens (including phenoxy) is 1. The molecule has 0 aliphatic rings. The minimum Gasteiger partial charge on any atom is -0.744 e. The number of carboxylic acids is 1. The molecule has 0 heterocycles. The van der Waals surface area contributed by atoms with E-state index in [2.05, 4.69) is 47.6 Å². The number of benzene rings is 4. The molecule has 38 heteroatoms. The Balaban J connectivity index is 0. The van der Waals surface area contributed by atoms with Gasteiger partial charge in [0.2, 0.25) is 10.4 Å². The van der Waals surface area contributed by atoms with E-state index in [9.17, 15) is 68.3 Å². The number of carboxylic acid groups (broad SMARTS) is 1. The first-order chi connectivity index (χ1) is 28.9. The molecule has 4 aromatic carbocycles. The zero-order chi connectivity index (χ0) is 46.2. The second kappa shape index (κ2) is 30.5. The number of hydrogen-bond acceptors (Lipinski definition) is 29. The van der Waals surface area contributed by atoms with Crippen LogP contribution in [-0.4, -0.2) is 85.7 Å². The number of fused-ring (bicyclic) bond motifs is 1. The normalized spacial score (nSPS) is 11.9. The fourth-order valence-electron chi connectivity index (χ4n) is 5.09. The smallest absolute Gasteiger partial charge is 0.744 e. The molecular formula is C29H24N5Na5O22S6. The van der Waals surface area contributed by atoms with Crippen LogP contribution < -0.4 is 174 Å². The van der Waals surface area contributed by atoms with Gasteiger partial charge in [-0.05, 0) is 48.9 Å². The van der Waals surface area contributed by atoms with Crippen LogP contribution in [0.15, 0.2) is 82.5 Å². The first-order valence-corrected chi connectivity index (χ1v) is 23.3. The average molecular weight is 1100 g/mol. The van der Waals surface area contributed by atoms with E-state index in [1.165, 1.54) is 6.92 Å². The molecule has 0 saturated heterocycles. The van der Waals surface area contributed by atoms with Crippen molar-refractivity contribution in [3.63, 3.8) is 0 Å². The van der Waals surface area contributed by atoms with Crippen LogP contribution in [0.2, 0.25) is 0 Å². The van der Waals surface area contributed by atoms with Gasteiger partial charge in [0.15, 0.2) is 37.7 Å². The molecule has 0 aliphatic carbocycles. The molecule has 4 aromatic rings. The van der Waals surface area contributed by atoms with Gasteiger partial charge in [-0.2, -0.15) is 4.33 Å². The number of carbonyl (C=O) groups excluding carboxylic acids is 1. The average Bonchev–Trinajstić information content (AvgIpc) is 3.18. The van der Waals surface area contributed by atoms with E-state index in [4.69, 9.17) is 10.5 Å². The van der Waals surface area contributed by atoms with E-state index in [1.54, 1.807) is 0 Å². The molecule has 0 bridgehead atoms. The number of carbonyl (C=O) groups is 1. The standard InChI is InChI=1S/C29H29N5O22S6.5Na/c1-14-9-19(21(50-2)13-23(14)60(42,43)8-6-52-62(47,48)49)32-33-20-12-24(61(44,45)46)17-11-22(57-55-53-38)27(28(35)25(17)26(20)30)34-31-18-4-3-15(10-16(18)29(36)37)59(40,41)7-5-51-58-56-54-39;;;;;/h3-4,9-13,35,38-39H,5-8,30H2,1-2H3,(H,36,37)(H,44,45,46)(H,47,48,49);;;;;/q;5*+1/p-5. The quantitative estimate of drug-likeness (QED) is 0.00849. The maximum Gasteiger partial charge on any atom is 1.00 e. The topological polar surface area (TPSA) is 429 Å². The van der Waals surface area contributed by atoms with Crippen molar-refractivity contribution in [1.82, 2.24) is 0 Å². The summed E-state index contributed by atoms with van der Waals surface area (Å²) in [5.74, 6) is -5.00. The largest absolute Gasteiger partial charge is 1.00 e. The molecule has 3 N–H and O–H groups in total. The molecule has 67 heavy (non-hydrogen) atoms. The number of phenolic OH excluding ortho intramolecular Hbond substituents is 1. The third-order valence-electron chi connectivity index (χ3n) is 7.74. The molecule has 0 spiro atoms. The van der Waals surface area contributed by atoms with Crippen molar-refractivity contribution < 1.29 is 248 Å². The summed E-state index contributed by atoms with van der Waals surface area (Å²) in [4.78, 5) is 9.51. The maximum absolute atomic E-state index is 12.9. The van der Waals surface area contributed by atoms with Crippen molar-refractivity contribution in [2.45, 2.75) is 26.5 Å². The fraction of sp³-hybridized carbons (Fsp3) is 0.207. The number of aromatic hydroxyl groups is 1. The fourth-order valence-corrected chi connectivity index (χ4v) is 9.44. The van der Waals surface area contributed by atoms with Crippen LogP contribution in [0.5, 0.6) is 11.5 Å². The number of nitrogen functional groups attached to an aromatic ring is 1. The van der Waals surface area contributed by atoms with Crippen LogP contribution in [0.25, 0.3) is 10.8 Å². The monoisotopic (exact) mass is 1100 g/mol. The molecule has 0 aromatic heterocycles. The summed E-state index contributed by atoms with van der Waals surface area (Å²) >= 11 is 0.0308. The zero-order valence-corrected chi connectivity index (χ0v) is 50.6. The summed E-state index contributed by atoms with van der Waals surface area (Å²) < 4.78 is 143. The molecule has 0 fully saturated rings. The Bertz CT molecular complexity index is 2900. The van der Waals surface area contributed by atoms with Crippen LogP contribution >= 0.6 is 24.4 Å². The molecule has 0 saturated carbocycles. The number of anilines is 1. The minimum atomic E-state index is -5.50. The zero-order valence-electron chi connectivity index (χ0n) is 35.7. The van der Waals surface area contributed by atoms with Crippen molar-refractivity contribution in [2.75, 3.05) is 37.6 Å². The first-order valence-electron chi connectivity index (χ1n) is 15.8. The van der Waals surface area contributed by atoms with Crippen molar-refractivity contribution in [1.29, 1.82) is 0 Å². The number of methoxy groups -OCH3 is 1. The van der Waals surface area contributed by atoms with Crippen LogP contribution in [0.4, 0.5) is 28.4 Å². The van der Waals surface area contributed by atoms with Gasteiger partial charge in [0.25, 0.3) is 0 Å². The van der Waals surface area contributed by atoms with E-state index in [0.29, 0.717) is 12.1 Å². The number of phenols is 1. The first kappa shape index (κ1) is 69.4. The Morgan fingerprint density at radius 2 is 1.36 bits per heavy atom. The number of aromatic carboxylic acids is 1. The second-order valence-corrected chi connectivity index (χ2v) is 19.4. The third kappa shape index (κ3) is 19.3. The summed E-state index contributed by atoms with van der Waals surface area (Å²) in [6.07, 6.45) is 0. The molecule has 4 rings (SSSR count). The second-order valence-electron chi connectivity index (χ2n) is 11.5. The van der Waals surface area contributed by atoms with Crippen LogP contribution in [-0.2, 0) is 67.3 Å². The number of nitrogens with two attached hydrogens (primary N) is 1. The van der Waals surface area contributed by atoms with Crippen molar-refractivity contribution in [3.05, 3.63) is 53.6 Å². The van der Waals surface area contributed by atoms with Gasteiger partial charge in [0, 0.05) is 17.0 Å². The van der Waals surface area contributed by atoms with E-state index in [0.717, 1.165) is 37.4 Å². The number of rotatable bonds is 22. The molecule has 0 radical (unpaired) electrons. The van der Waals surface area contributed by atoms with E-state index in [1.807, 2.05) is 0 Å². The predicted molar refractivity (Wildman–Crippen MR) is 198 cm³/mol. The van der Waals surface area contributed by atoms with Gasteiger partial charge in [0.1, 0.15) is 32.9 Å². The molecule has 27 nitrogen and oxygen atoms in total. The van der Waals surface area contributed by atoms with Gasteiger partial charge in [-0.25, -0.2) is 33.7 Å². The van der Waals surface area contributed by atoms with Crippen LogP contribution in [0, 0.1) is 6.92 Å². The van der Waals surface area contributed by atoms with E-state index >= 15 is 0 Å². The SMILES string of the molecule is COc1cc(S(=O)(=O)CCOS(=O)(=O)[O-])c(C)cc1N=Nc1cc(S(=O)(=O)[O-])c2cc(SOO[O-])c(N=Nc3ccc(S(=O)(=O)CCOSOO[O-])cc3C(=O)[O-])c(O)c2c1N.[Na+].[Na+].[Na+].[Na+].[Na+]. The van der Waals surface area contributed by atoms with Gasteiger partial charge >= 0.3 is 148 Å². The summed E-state index contributed by atoms with van der Waals surface area (Å²) in [6.45, 7) is -0.258. The predicted octanol–water partition coefficient (Wildman–Crippen LogP) is -14.4.